The van der Waals surface area contributed by atoms with Gasteiger partial charge in [-0.05, 0) is 6.92 Å². The second-order valence-electron chi connectivity index (χ2n) is 3.82. The minimum atomic E-state index is -1.10. The Morgan fingerprint density at radius 1 is 1.53 bits per heavy atom. The van der Waals surface area contributed by atoms with Gasteiger partial charge in [-0.3, -0.25) is 0 Å². The molecule has 1 rings (SSSR count). The normalized spacial score (nSPS) is 23.8. The summed E-state index contributed by atoms with van der Waals surface area (Å²) in [4.78, 5) is 23.7. The molecule has 98 valence electrons. The molecule has 7 heteroatoms. The Balaban J connectivity index is 2.41. The summed E-state index contributed by atoms with van der Waals surface area (Å²) in [6.07, 6.45) is -0.692. The number of hydrogen-bond acceptors (Lipinski definition) is 4. The number of nitrogens with zero attached hydrogens (tertiary/aromatic N) is 1. The van der Waals surface area contributed by atoms with Crippen molar-refractivity contribution >= 4 is 12.0 Å². The number of rotatable bonds is 5. The second kappa shape index (κ2) is 6.41. The molecule has 1 saturated heterocycles. The molecule has 0 saturated carbocycles. The molecule has 7 nitrogen and oxygen atoms in total. The van der Waals surface area contributed by atoms with Crippen molar-refractivity contribution in [3.8, 4) is 0 Å². The number of urea groups is 1. The Labute approximate surface area is 99.4 Å². The summed E-state index contributed by atoms with van der Waals surface area (Å²) in [6.45, 7) is 3.18. The van der Waals surface area contributed by atoms with Crippen LogP contribution >= 0.6 is 0 Å². The molecule has 0 bridgehead atoms. The van der Waals surface area contributed by atoms with Crippen LogP contribution in [0.3, 0.4) is 0 Å². The number of carbonyl (C=O) groups is 2. The first-order valence-electron chi connectivity index (χ1n) is 5.59. The molecule has 1 heterocycles. The number of carboxylic acids is 1. The largest absolute Gasteiger partial charge is 0.480 e. The predicted octanol–water partition coefficient (Wildman–Crippen LogP) is -0.748. The highest BCUT2D eigenvalue weighted by atomic mass is 16.5. The summed E-state index contributed by atoms with van der Waals surface area (Å²) in [5, 5.41) is 20.8. The fraction of sp³-hybridized carbons (Fsp3) is 0.800. The van der Waals surface area contributed by atoms with Crippen molar-refractivity contribution in [2.24, 2.45) is 0 Å². The Kier molecular flexibility index (Phi) is 5.17. The number of carboxylic acid groups (broad SMARTS) is 1. The number of ether oxygens (including phenoxy) is 1. The number of hydrogen-bond donors (Lipinski definition) is 3. The number of β-amino-alcohol motifs (C(OH)–C–C–N with tert-alkyl or cyclic N) is 1. The number of likely N-dealkylation sites (tertiary alicyclic amines) is 1. The van der Waals surface area contributed by atoms with E-state index in [9.17, 15) is 14.7 Å². The topological polar surface area (TPSA) is 99.1 Å². The van der Waals surface area contributed by atoms with Crippen LogP contribution in [0.1, 0.15) is 13.3 Å². The van der Waals surface area contributed by atoms with Crippen molar-refractivity contribution < 1.29 is 24.5 Å². The van der Waals surface area contributed by atoms with E-state index in [1.807, 2.05) is 6.92 Å². The summed E-state index contributed by atoms with van der Waals surface area (Å²) in [5.74, 6) is -1.10. The van der Waals surface area contributed by atoms with E-state index in [1.54, 1.807) is 0 Å². The van der Waals surface area contributed by atoms with E-state index < -0.39 is 24.1 Å². The molecule has 2 atom stereocenters. The zero-order valence-electron chi connectivity index (χ0n) is 9.76. The second-order valence-corrected chi connectivity index (χ2v) is 3.82. The summed E-state index contributed by atoms with van der Waals surface area (Å²) >= 11 is 0. The Hall–Kier alpha value is -1.34. The zero-order chi connectivity index (χ0) is 12.8. The third kappa shape index (κ3) is 3.86. The summed E-state index contributed by atoms with van der Waals surface area (Å²) in [7, 11) is 0. The number of amides is 2. The average molecular weight is 246 g/mol. The van der Waals surface area contributed by atoms with Gasteiger partial charge in [-0.25, -0.2) is 9.59 Å². The number of aliphatic carboxylic acids is 1. The maximum absolute atomic E-state index is 11.7. The third-order valence-corrected chi connectivity index (χ3v) is 2.55. The lowest BCUT2D eigenvalue weighted by atomic mass is 10.2. The molecule has 0 aromatic carbocycles. The lowest BCUT2D eigenvalue weighted by Gasteiger charge is -2.21. The highest BCUT2D eigenvalue weighted by Crippen LogP contribution is 2.17. The van der Waals surface area contributed by atoms with E-state index in [2.05, 4.69) is 5.32 Å². The summed E-state index contributed by atoms with van der Waals surface area (Å²) in [6, 6.07) is -1.43. The first-order chi connectivity index (χ1) is 8.06. The van der Waals surface area contributed by atoms with Crippen LogP contribution in [-0.2, 0) is 9.53 Å². The molecular weight excluding hydrogens is 228 g/mol. The van der Waals surface area contributed by atoms with Gasteiger partial charge in [0.2, 0.25) is 0 Å². The van der Waals surface area contributed by atoms with Crippen molar-refractivity contribution in [3.05, 3.63) is 0 Å². The molecule has 2 amide bonds. The molecular formula is C10H18N2O5. The molecule has 3 N–H and O–H groups in total. The Morgan fingerprint density at radius 2 is 2.24 bits per heavy atom. The van der Waals surface area contributed by atoms with Gasteiger partial charge in [-0.15, -0.1) is 0 Å². The number of carbonyl (C=O) groups excluding carboxylic acids is 1. The number of aliphatic hydroxyl groups is 1. The van der Waals surface area contributed by atoms with Gasteiger partial charge in [0, 0.05) is 26.1 Å². The monoisotopic (exact) mass is 246 g/mol. The standard InChI is InChI=1S/C10H18N2O5/c1-2-17-4-3-11-10(16)12-6-7(13)5-8(12)9(14)15/h7-8,13H,2-6H2,1H3,(H,11,16)(H,14,15). The van der Waals surface area contributed by atoms with Crippen LogP contribution in [0, 0.1) is 0 Å². The first-order valence-corrected chi connectivity index (χ1v) is 5.59. The molecule has 0 aromatic rings. The molecule has 17 heavy (non-hydrogen) atoms. The van der Waals surface area contributed by atoms with E-state index in [0.29, 0.717) is 19.8 Å². The van der Waals surface area contributed by atoms with Crippen molar-refractivity contribution in [1.82, 2.24) is 10.2 Å². The quantitative estimate of drug-likeness (QED) is 0.554. The number of aliphatic hydroxyl groups excluding tert-OH is 1. The van der Waals surface area contributed by atoms with Crippen molar-refractivity contribution in [1.29, 1.82) is 0 Å². The average Bonchev–Trinajstić information content (AvgIpc) is 2.66. The number of nitrogens with one attached hydrogen (secondary N) is 1. The van der Waals surface area contributed by atoms with Gasteiger partial charge in [-0.2, -0.15) is 0 Å². The third-order valence-electron chi connectivity index (χ3n) is 2.55. The van der Waals surface area contributed by atoms with Gasteiger partial charge in [-0.1, -0.05) is 0 Å². The van der Waals surface area contributed by atoms with Crippen LogP contribution in [0.5, 0.6) is 0 Å². The maximum atomic E-state index is 11.7. The SMILES string of the molecule is CCOCCNC(=O)N1CC(O)CC1C(=O)O. The van der Waals surface area contributed by atoms with Gasteiger partial charge in [0.1, 0.15) is 6.04 Å². The minimum Gasteiger partial charge on any atom is -0.480 e. The van der Waals surface area contributed by atoms with Crippen LogP contribution in [0.15, 0.2) is 0 Å². The lowest BCUT2D eigenvalue weighted by molar-refractivity contribution is -0.141. The molecule has 0 aliphatic carbocycles. The van der Waals surface area contributed by atoms with E-state index in [-0.39, 0.29) is 13.0 Å². The van der Waals surface area contributed by atoms with Crippen LogP contribution in [0.2, 0.25) is 0 Å². The molecule has 0 radical (unpaired) electrons. The smallest absolute Gasteiger partial charge is 0.326 e. The fourth-order valence-corrected chi connectivity index (χ4v) is 1.75. The lowest BCUT2D eigenvalue weighted by Crippen LogP contribution is -2.46. The van der Waals surface area contributed by atoms with Crippen LogP contribution < -0.4 is 5.32 Å². The molecule has 0 spiro atoms. The van der Waals surface area contributed by atoms with E-state index >= 15 is 0 Å². The molecule has 1 fully saturated rings. The van der Waals surface area contributed by atoms with Gasteiger partial charge in [0.15, 0.2) is 0 Å². The van der Waals surface area contributed by atoms with Gasteiger partial charge in [0.25, 0.3) is 0 Å². The molecule has 2 unspecified atom stereocenters. The van der Waals surface area contributed by atoms with E-state index in [0.717, 1.165) is 4.90 Å². The van der Waals surface area contributed by atoms with Crippen LogP contribution in [0.4, 0.5) is 4.79 Å². The fourth-order valence-electron chi connectivity index (χ4n) is 1.75. The predicted molar refractivity (Wildman–Crippen MR) is 58.6 cm³/mol. The molecule has 1 aliphatic heterocycles. The zero-order valence-corrected chi connectivity index (χ0v) is 9.76. The van der Waals surface area contributed by atoms with Gasteiger partial charge >= 0.3 is 12.0 Å². The highest BCUT2D eigenvalue weighted by Gasteiger charge is 2.38. The summed E-state index contributed by atoms with van der Waals surface area (Å²) < 4.78 is 5.04. The van der Waals surface area contributed by atoms with Crippen molar-refractivity contribution in [2.75, 3.05) is 26.3 Å². The van der Waals surface area contributed by atoms with E-state index in [1.165, 1.54) is 0 Å². The van der Waals surface area contributed by atoms with Crippen molar-refractivity contribution in [3.63, 3.8) is 0 Å². The Bertz CT molecular complexity index is 284. The first kappa shape index (κ1) is 13.7. The maximum Gasteiger partial charge on any atom is 0.326 e. The molecule has 0 aromatic heterocycles. The van der Waals surface area contributed by atoms with Gasteiger partial charge < -0.3 is 25.2 Å². The van der Waals surface area contributed by atoms with Crippen LogP contribution in [-0.4, -0.2) is 65.6 Å². The molecule has 1 aliphatic rings. The Morgan fingerprint density at radius 3 is 2.82 bits per heavy atom. The minimum absolute atomic E-state index is 0.0530. The van der Waals surface area contributed by atoms with Gasteiger partial charge in [0.05, 0.1) is 12.7 Å². The van der Waals surface area contributed by atoms with Crippen LogP contribution in [0.25, 0.3) is 0 Å². The van der Waals surface area contributed by atoms with Crippen molar-refractivity contribution in [2.45, 2.75) is 25.5 Å². The summed E-state index contributed by atoms with van der Waals surface area (Å²) in [5.41, 5.74) is 0. The van der Waals surface area contributed by atoms with E-state index in [4.69, 9.17) is 9.84 Å². The highest BCUT2D eigenvalue weighted by molar-refractivity contribution is 5.83.